The molecule has 1 N–H and O–H groups in total. The predicted molar refractivity (Wildman–Crippen MR) is 83.5 cm³/mol. The molecule has 0 radical (unpaired) electrons. The SMILES string of the molecule is CNCc1cn(Cc2ccc(Br)cn2)c2ncccc12. The van der Waals surface area contributed by atoms with Gasteiger partial charge in [-0.25, -0.2) is 4.98 Å². The maximum absolute atomic E-state index is 4.50. The normalized spacial score (nSPS) is 11.1. The number of halogens is 1. The second-order valence-electron chi connectivity index (χ2n) is 4.65. The van der Waals surface area contributed by atoms with Gasteiger partial charge in [-0.1, -0.05) is 0 Å². The third-order valence-electron chi connectivity index (χ3n) is 3.20. The van der Waals surface area contributed by atoms with Crippen LogP contribution in [0.4, 0.5) is 0 Å². The van der Waals surface area contributed by atoms with Crippen LogP contribution in [0.3, 0.4) is 0 Å². The summed E-state index contributed by atoms with van der Waals surface area (Å²) in [6, 6.07) is 8.12. The highest BCUT2D eigenvalue weighted by atomic mass is 79.9. The van der Waals surface area contributed by atoms with Crippen LogP contribution in [0, 0.1) is 0 Å². The molecular weight excluding hydrogens is 316 g/mol. The minimum Gasteiger partial charge on any atom is -0.326 e. The minimum atomic E-state index is 0.727. The van der Waals surface area contributed by atoms with Crippen molar-refractivity contribution < 1.29 is 0 Å². The summed E-state index contributed by atoms with van der Waals surface area (Å²) in [6.45, 7) is 1.56. The van der Waals surface area contributed by atoms with Crippen LogP contribution in [0.5, 0.6) is 0 Å². The van der Waals surface area contributed by atoms with E-state index >= 15 is 0 Å². The Labute approximate surface area is 126 Å². The molecule has 4 nitrogen and oxygen atoms in total. The lowest BCUT2D eigenvalue weighted by Crippen LogP contribution is -2.04. The molecule has 3 heterocycles. The summed E-state index contributed by atoms with van der Waals surface area (Å²) in [5.74, 6) is 0. The van der Waals surface area contributed by atoms with Crippen molar-refractivity contribution >= 4 is 27.0 Å². The van der Waals surface area contributed by atoms with Crippen molar-refractivity contribution in [3.05, 3.63) is 58.6 Å². The van der Waals surface area contributed by atoms with E-state index in [9.17, 15) is 0 Å². The Morgan fingerprint density at radius 2 is 2.15 bits per heavy atom. The van der Waals surface area contributed by atoms with E-state index in [2.05, 4.69) is 48.0 Å². The van der Waals surface area contributed by atoms with Crippen LogP contribution >= 0.6 is 15.9 Å². The molecule has 5 heteroatoms. The van der Waals surface area contributed by atoms with E-state index in [1.54, 1.807) is 0 Å². The Kier molecular flexibility index (Phi) is 3.80. The van der Waals surface area contributed by atoms with Gasteiger partial charge in [-0.15, -0.1) is 0 Å². The fraction of sp³-hybridized carbons (Fsp3) is 0.200. The second-order valence-corrected chi connectivity index (χ2v) is 5.57. The van der Waals surface area contributed by atoms with Gasteiger partial charge >= 0.3 is 0 Å². The first-order valence-electron chi connectivity index (χ1n) is 6.45. The van der Waals surface area contributed by atoms with Crippen LogP contribution < -0.4 is 5.32 Å². The maximum Gasteiger partial charge on any atom is 0.140 e. The largest absolute Gasteiger partial charge is 0.326 e. The highest BCUT2D eigenvalue weighted by Crippen LogP contribution is 2.20. The topological polar surface area (TPSA) is 42.7 Å². The van der Waals surface area contributed by atoms with Crippen molar-refractivity contribution in [3.8, 4) is 0 Å². The Morgan fingerprint density at radius 3 is 2.90 bits per heavy atom. The van der Waals surface area contributed by atoms with E-state index in [1.807, 2.05) is 37.6 Å². The molecule has 0 aliphatic rings. The van der Waals surface area contributed by atoms with Gasteiger partial charge in [0.25, 0.3) is 0 Å². The van der Waals surface area contributed by atoms with Crippen molar-refractivity contribution in [2.75, 3.05) is 7.05 Å². The zero-order chi connectivity index (χ0) is 13.9. The second kappa shape index (κ2) is 5.73. The Bertz CT molecular complexity index is 718. The first kappa shape index (κ1) is 13.3. The number of pyridine rings is 2. The molecular formula is C15H15BrN4. The monoisotopic (exact) mass is 330 g/mol. The summed E-state index contributed by atoms with van der Waals surface area (Å²) in [5, 5.41) is 4.39. The Hall–Kier alpha value is -1.72. The number of hydrogen-bond acceptors (Lipinski definition) is 3. The number of nitrogens with one attached hydrogen (secondary N) is 1. The predicted octanol–water partition coefficient (Wildman–Crippen LogP) is 2.96. The summed E-state index contributed by atoms with van der Waals surface area (Å²) < 4.78 is 3.14. The molecule has 0 atom stereocenters. The number of fused-ring (bicyclic) bond motifs is 1. The summed E-state index contributed by atoms with van der Waals surface area (Å²) in [6.07, 6.45) is 5.80. The molecule has 0 amide bonds. The van der Waals surface area contributed by atoms with Gasteiger partial charge in [0.1, 0.15) is 5.65 Å². The van der Waals surface area contributed by atoms with Crippen molar-refractivity contribution in [1.82, 2.24) is 19.9 Å². The summed E-state index contributed by atoms with van der Waals surface area (Å²) in [4.78, 5) is 8.92. The van der Waals surface area contributed by atoms with Gasteiger partial charge in [-0.05, 0) is 52.8 Å². The molecule has 0 bridgehead atoms. The van der Waals surface area contributed by atoms with Crippen molar-refractivity contribution in [2.45, 2.75) is 13.1 Å². The average Bonchev–Trinajstić information content (AvgIpc) is 2.81. The number of rotatable bonds is 4. The number of nitrogens with zero attached hydrogens (tertiary/aromatic N) is 3. The quantitative estimate of drug-likeness (QED) is 0.799. The first-order valence-corrected chi connectivity index (χ1v) is 7.25. The molecule has 3 aromatic rings. The van der Waals surface area contributed by atoms with Gasteiger partial charge < -0.3 is 9.88 Å². The van der Waals surface area contributed by atoms with Crippen LogP contribution in [0.2, 0.25) is 0 Å². The standard InChI is InChI=1S/C15H15BrN4/c1-17-7-11-9-20(15-14(11)3-2-6-18-15)10-13-5-4-12(16)8-19-13/h2-6,8-9,17H,7,10H2,1H3. The molecule has 0 unspecified atom stereocenters. The van der Waals surface area contributed by atoms with Crippen molar-refractivity contribution in [1.29, 1.82) is 0 Å². The van der Waals surface area contributed by atoms with E-state index in [1.165, 1.54) is 10.9 Å². The van der Waals surface area contributed by atoms with Crippen LogP contribution in [0.1, 0.15) is 11.3 Å². The van der Waals surface area contributed by atoms with Crippen LogP contribution in [0.15, 0.2) is 47.3 Å². The fourth-order valence-electron chi connectivity index (χ4n) is 2.32. The van der Waals surface area contributed by atoms with Crippen molar-refractivity contribution in [3.63, 3.8) is 0 Å². The highest BCUT2D eigenvalue weighted by molar-refractivity contribution is 9.10. The fourth-order valence-corrected chi connectivity index (χ4v) is 2.56. The van der Waals surface area contributed by atoms with Gasteiger partial charge in [0.05, 0.1) is 12.2 Å². The number of aromatic nitrogens is 3. The Balaban J connectivity index is 2.00. The molecule has 0 saturated carbocycles. The van der Waals surface area contributed by atoms with Gasteiger partial charge in [-0.3, -0.25) is 4.98 Å². The summed E-state index contributed by atoms with van der Waals surface area (Å²) in [5.41, 5.74) is 3.28. The summed E-state index contributed by atoms with van der Waals surface area (Å²) in [7, 11) is 1.95. The lowest BCUT2D eigenvalue weighted by molar-refractivity contribution is 0.776. The molecule has 0 fully saturated rings. The van der Waals surface area contributed by atoms with Crippen LogP contribution in [-0.4, -0.2) is 21.6 Å². The van der Waals surface area contributed by atoms with E-state index in [0.29, 0.717) is 0 Å². The first-order chi connectivity index (χ1) is 9.78. The molecule has 0 saturated heterocycles. The molecule has 3 rings (SSSR count). The number of hydrogen-bond donors (Lipinski definition) is 1. The Morgan fingerprint density at radius 1 is 1.25 bits per heavy atom. The smallest absolute Gasteiger partial charge is 0.140 e. The van der Waals surface area contributed by atoms with Crippen LogP contribution in [-0.2, 0) is 13.1 Å². The molecule has 102 valence electrons. The summed E-state index contributed by atoms with van der Waals surface area (Å²) >= 11 is 3.41. The van der Waals surface area contributed by atoms with E-state index in [0.717, 1.165) is 28.9 Å². The molecule has 0 spiro atoms. The third kappa shape index (κ3) is 2.59. The van der Waals surface area contributed by atoms with Crippen LogP contribution in [0.25, 0.3) is 11.0 Å². The lowest BCUT2D eigenvalue weighted by Gasteiger charge is -2.04. The molecule has 3 aromatic heterocycles. The van der Waals surface area contributed by atoms with Gasteiger partial charge in [0.2, 0.25) is 0 Å². The molecule has 0 aromatic carbocycles. The van der Waals surface area contributed by atoms with E-state index in [-0.39, 0.29) is 0 Å². The molecule has 0 aliphatic heterocycles. The van der Waals surface area contributed by atoms with E-state index in [4.69, 9.17) is 0 Å². The zero-order valence-corrected chi connectivity index (χ0v) is 12.8. The zero-order valence-electron chi connectivity index (χ0n) is 11.2. The van der Waals surface area contributed by atoms with Crippen molar-refractivity contribution in [2.24, 2.45) is 0 Å². The maximum atomic E-state index is 4.50. The van der Waals surface area contributed by atoms with E-state index < -0.39 is 0 Å². The molecule has 0 aliphatic carbocycles. The lowest BCUT2D eigenvalue weighted by atomic mass is 10.2. The highest BCUT2D eigenvalue weighted by Gasteiger charge is 2.09. The average molecular weight is 331 g/mol. The van der Waals surface area contributed by atoms with Gasteiger partial charge in [-0.2, -0.15) is 0 Å². The molecule has 20 heavy (non-hydrogen) atoms. The third-order valence-corrected chi connectivity index (χ3v) is 3.67. The minimum absolute atomic E-state index is 0.727. The van der Waals surface area contributed by atoms with Gasteiger partial charge in [0, 0.05) is 35.0 Å². The van der Waals surface area contributed by atoms with Gasteiger partial charge in [0.15, 0.2) is 0 Å².